The van der Waals surface area contributed by atoms with Gasteiger partial charge in [-0.25, -0.2) is 9.97 Å². The molecule has 3 heterocycles. The molecule has 1 aliphatic rings. The SMILES string of the molecule is N#Cc1ccc2nc(-n3ccnc3)nc(NCc3ccc4c(c3)OCO4)c2c1. The lowest BCUT2D eigenvalue weighted by molar-refractivity contribution is 0.174. The van der Waals surface area contributed by atoms with E-state index in [4.69, 9.17) is 9.47 Å². The van der Waals surface area contributed by atoms with E-state index in [1.807, 2.05) is 24.3 Å². The van der Waals surface area contributed by atoms with Gasteiger partial charge >= 0.3 is 0 Å². The molecule has 0 radical (unpaired) electrons. The third-order valence-corrected chi connectivity index (χ3v) is 4.45. The van der Waals surface area contributed by atoms with E-state index in [-0.39, 0.29) is 6.79 Å². The zero-order valence-corrected chi connectivity index (χ0v) is 14.7. The van der Waals surface area contributed by atoms with Crippen LogP contribution in [0.2, 0.25) is 0 Å². The van der Waals surface area contributed by atoms with Crippen LogP contribution in [-0.2, 0) is 6.54 Å². The highest BCUT2D eigenvalue weighted by molar-refractivity contribution is 5.90. The van der Waals surface area contributed by atoms with Gasteiger partial charge in [0.1, 0.15) is 12.1 Å². The number of nitrogens with one attached hydrogen (secondary N) is 1. The van der Waals surface area contributed by atoms with Gasteiger partial charge < -0.3 is 14.8 Å². The van der Waals surface area contributed by atoms with Crippen molar-refractivity contribution in [2.45, 2.75) is 6.54 Å². The molecule has 1 N–H and O–H groups in total. The van der Waals surface area contributed by atoms with Gasteiger partial charge in [-0.05, 0) is 35.9 Å². The van der Waals surface area contributed by atoms with Crippen LogP contribution < -0.4 is 14.8 Å². The molecule has 2 aromatic heterocycles. The van der Waals surface area contributed by atoms with Crippen molar-refractivity contribution in [2.24, 2.45) is 0 Å². The van der Waals surface area contributed by atoms with Crippen LogP contribution in [0.3, 0.4) is 0 Å². The predicted octanol–water partition coefficient (Wildman–Crippen LogP) is 3.03. The topological polar surface area (TPSA) is 97.9 Å². The largest absolute Gasteiger partial charge is 0.454 e. The first kappa shape index (κ1) is 16.1. The Hall–Kier alpha value is -4.12. The van der Waals surface area contributed by atoms with Gasteiger partial charge in [0.25, 0.3) is 0 Å². The lowest BCUT2D eigenvalue weighted by atomic mass is 10.1. The van der Waals surface area contributed by atoms with Gasteiger partial charge in [-0.15, -0.1) is 0 Å². The third kappa shape index (κ3) is 2.85. The Morgan fingerprint density at radius 2 is 2.04 bits per heavy atom. The summed E-state index contributed by atoms with van der Waals surface area (Å²) in [5.74, 6) is 2.63. The second-order valence-corrected chi connectivity index (χ2v) is 6.23. The number of rotatable bonds is 4. The fourth-order valence-electron chi connectivity index (χ4n) is 3.05. The van der Waals surface area contributed by atoms with Crippen molar-refractivity contribution in [1.82, 2.24) is 19.5 Å². The van der Waals surface area contributed by atoms with Crippen LogP contribution in [0.25, 0.3) is 16.9 Å². The molecule has 2 aromatic carbocycles. The standard InChI is InChI=1S/C20H14N6O2/c21-9-13-1-3-16-15(7-13)19(25-20(24-16)26-6-5-22-11-26)23-10-14-2-4-17-18(8-14)28-12-27-17/h1-8,11H,10,12H2,(H,23,24,25). The maximum Gasteiger partial charge on any atom is 0.237 e. The number of anilines is 1. The van der Waals surface area contributed by atoms with E-state index in [1.165, 1.54) is 0 Å². The lowest BCUT2D eigenvalue weighted by Gasteiger charge is -2.12. The Bertz CT molecular complexity index is 1210. The number of ether oxygens (including phenoxy) is 2. The molecule has 0 saturated heterocycles. The first-order chi connectivity index (χ1) is 13.8. The monoisotopic (exact) mass is 370 g/mol. The number of benzene rings is 2. The molecule has 28 heavy (non-hydrogen) atoms. The quantitative estimate of drug-likeness (QED) is 0.589. The van der Waals surface area contributed by atoms with E-state index in [9.17, 15) is 5.26 Å². The fourth-order valence-corrected chi connectivity index (χ4v) is 3.05. The first-order valence-electron chi connectivity index (χ1n) is 8.63. The number of hydrogen-bond acceptors (Lipinski definition) is 7. The third-order valence-electron chi connectivity index (χ3n) is 4.45. The molecule has 1 aliphatic heterocycles. The van der Waals surface area contributed by atoms with Crippen molar-refractivity contribution in [3.05, 3.63) is 66.2 Å². The molecular weight excluding hydrogens is 356 g/mol. The van der Waals surface area contributed by atoms with E-state index >= 15 is 0 Å². The molecule has 0 atom stereocenters. The summed E-state index contributed by atoms with van der Waals surface area (Å²) in [7, 11) is 0. The van der Waals surface area contributed by atoms with E-state index in [2.05, 4.69) is 26.3 Å². The first-order valence-corrected chi connectivity index (χ1v) is 8.63. The molecule has 0 fully saturated rings. The minimum absolute atomic E-state index is 0.244. The van der Waals surface area contributed by atoms with Crippen LogP contribution in [0.5, 0.6) is 11.5 Å². The summed E-state index contributed by atoms with van der Waals surface area (Å²) in [6.07, 6.45) is 5.10. The second kappa shape index (κ2) is 6.55. The highest BCUT2D eigenvalue weighted by atomic mass is 16.7. The van der Waals surface area contributed by atoms with Gasteiger partial charge in [0.05, 0.1) is 17.1 Å². The molecule has 5 rings (SSSR count). The number of nitrogens with zero attached hydrogens (tertiary/aromatic N) is 5. The average Bonchev–Trinajstić information content (AvgIpc) is 3.43. The van der Waals surface area contributed by atoms with Crippen molar-refractivity contribution in [3.8, 4) is 23.5 Å². The molecule has 0 saturated carbocycles. The average molecular weight is 370 g/mol. The van der Waals surface area contributed by atoms with Gasteiger partial charge in [0, 0.05) is 24.3 Å². The Morgan fingerprint density at radius 3 is 2.89 bits per heavy atom. The number of hydrogen-bond donors (Lipinski definition) is 1. The van der Waals surface area contributed by atoms with Crippen molar-refractivity contribution in [1.29, 1.82) is 5.26 Å². The molecule has 4 aromatic rings. The van der Waals surface area contributed by atoms with Crippen LogP contribution in [0.1, 0.15) is 11.1 Å². The van der Waals surface area contributed by atoms with Crippen LogP contribution >= 0.6 is 0 Å². The summed E-state index contributed by atoms with van der Waals surface area (Å²) in [5, 5.41) is 13.4. The minimum Gasteiger partial charge on any atom is -0.454 e. The summed E-state index contributed by atoms with van der Waals surface area (Å²) in [4.78, 5) is 13.3. The van der Waals surface area contributed by atoms with Gasteiger partial charge in [-0.3, -0.25) is 4.57 Å². The van der Waals surface area contributed by atoms with Crippen LogP contribution in [0, 0.1) is 11.3 Å². The smallest absolute Gasteiger partial charge is 0.237 e. The Kier molecular flexibility index (Phi) is 3.76. The zero-order valence-electron chi connectivity index (χ0n) is 14.7. The van der Waals surface area contributed by atoms with E-state index in [1.54, 1.807) is 35.4 Å². The number of imidazole rings is 1. The summed E-state index contributed by atoms with van der Waals surface area (Å²) >= 11 is 0. The highest BCUT2D eigenvalue weighted by Gasteiger charge is 2.14. The molecule has 8 heteroatoms. The van der Waals surface area contributed by atoms with Crippen molar-refractivity contribution in [2.75, 3.05) is 12.1 Å². The van der Waals surface area contributed by atoms with Gasteiger partial charge in [-0.1, -0.05) is 6.07 Å². The van der Waals surface area contributed by atoms with Crippen molar-refractivity contribution < 1.29 is 9.47 Å². The normalized spacial score (nSPS) is 12.1. The molecule has 0 unspecified atom stereocenters. The van der Waals surface area contributed by atoms with Gasteiger partial charge in [0.15, 0.2) is 11.5 Å². The maximum absolute atomic E-state index is 9.24. The Labute approximate surface area is 160 Å². The van der Waals surface area contributed by atoms with Crippen LogP contribution in [-0.4, -0.2) is 26.3 Å². The van der Waals surface area contributed by atoms with Crippen LogP contribution in [0.15, 0.2) is 55.1 Å². The second-order valence-electron chi connectivity index (χ2n) is 6.23. The van der Waals surface area contributed by atoms with Crippen molar-refractivity contribution in [3.63, 3.8) is 0 Å². The van der Waals surface area contributed by atoms with Crippen LogP contribution in [0.4, 0.5) is 5.82 Å². The predicted molar refractivity (Wildman–Crippen MR) is 101 cm³/mol. The summed E-state index contributed by atoms with van der Waals surface area (Å²) < 4.78 is 12.5. The number of fused-ring (bicyclic) bond motifs is 2. The Balaban J connectivity index is 1.53. The van der Waals surface area contributed by atoms with Gasteiger partial charge in [0.2, 0.25) is 12.7 Å². The van der Waals surface area contributed by atoms with E-state index < -0.39 is 0 Å². The zero-order chi connectivity index (χ0) is 18.9. The molecule has 136 valence electrons. The van der Waals surface area contributed by atoms with Crippen molar-refractivity contribution >= 4 is 16.7 Å². The number of nitriles is 1. The molecule has 8 nitrogen and oxygen atoms in total. The summed E-state index contributed by atoms with van der Waals surface area (Å²) in [5.41, 5.74) is 2.32. The molecule has 0 bridgehead atoms. The van der Waals surface area contributed by atoms with E-state index in [0.717, 1.165) is 28.0 Å². The highest BCUT2D eigenvalue weighted by Crippen LogP contribution is 2.33. The lowest BCUT2D eigenvalue weighted by Crippen LogP contribution is -2.07. The Morgan fingerprint density at radius 1 is 1.11 bits per heavy atom. The minimum atomic E-state index is 0.244. The van der Waals surface area contributed by atoms with Gasteiger partial charge in [-0.2, -0.15) is 10.2 Å². The summed E-state index contributed by atoms with van der Waals surface area (Å²) in [6.45, 7) is 0.775. The molecular formula is C20H14N6O2. The maximum atomic E-state index is 9.24. The fraction of sp³-hybridized carbons (Fsp3) is 0.100. The molecule has 0 amide bonds. The summed E-state index contributed by atoms with van der Waals surface area (Å²) in [6, 6.07) is 13.3. The number of aromatic nitrogens is 4. The van der Waals surface area contributed by atoms with E-state index in [0.29, 0.717) is 23.9 Å². The molecule has 0 spiro atoms. The molecule has 0 aliphatic carbocycles.